The molecule has 0 fully saturated rings. The lowest BCUT2D eigenvalue weighted by Crippen LogP contribution is -2.40. The lowest BCUT2D eigenvalue weighted by atomic mass is 9.92. The average Bonchev–Trinajstić information content (AvgIpc) is 3.60. The molecule has 0 radical (unpaired) electrons. The Morgan fingerprint density at radius 1 is 1.16 bits per heavy atom. The minimum atomic E-state index is -0.718. The number of hydrogen-bond donors (Lipinski definition) is 0. The maximum absolute atomic E-state index is 14.0. The van der Waals surface area contributed by atoms with Gasteiger partial charge in [-0.15, -0.1) is 0 Å². The van der Waals surface area contributed by atoms with Gasteiger partial charge in [0.1, 0.15) is 17.3 Å². The van der Waals surface area contributed by atoms with Crippen LogP contribution in [0.1, 0.15) is 69.4 Å². The molecule has 228 valence electrons. The average molecular weight is 616 g/mol. The topological polar surface area (TPSA) is 126 Å². The number of nitrogens with zero attached hydrogens (tertiary/aromatic N) is 3. The third-order valence-electron chi connectivity index (χ3n) is 7.38. The van der Waals surface area contributed by atoms with Gasteiger partial charge in [-0.3, -0.25) is 19.5 Å². The first kappa shape index (κ1) is 30.7. The summed E-state index contributed by atoms with van der Waals surface area (Å²) in [6.07, 6.45) is 2.89. The summed E-state index contributed by atoms with van der Waals surface area (Å²) in [5, 5.41) is 11.7. The van der Waals surface area contributed by atoms with E-state index in [0.29, 0.717) is 44.5 Å². The van der Waals surface area contributed by atoms with Crippen molar-refractivity contribution in [2.75, 3.05) is 13.7 Å². The Labute approximate surface area is 257 Å². The molecule has 0 saturated heterocycles. The van der Waals surface area contributed by atoms with Crippen LogP contribution in [0, 0.1) is 10.1 Å². The number of methoxy groups -OCH3 is 1. The van der Waals surface area contributed by atoms with Gasteiger partial charge in [0.25, 0.3) is 11.2 Å². The van der Waals surface area contributed by atoms with Crippen molar-refractivity contribution in [3.05, 3.63) is 113 Å². The number of rotatable bonds is 10. The molecule has 1 aliphatic heterocycles. The van der Waals surface area contributed by atoms with Crippen LogP contribution in [0.3, 0.4) is 0 Å². The van der Waals surface area contributed by atoms with Crippen molar-refractivity contribution in [3.8, 4) is 17.1 Å². The molecule has 5 rings (SSSR count). The Kier molecular flexibility index (Phi) is 8.96. The highest BCUT2D eigenvalue weighted by molar-refractivity contribution is 7.07. The molecule has 2 aromatic heterocycles. The van der Waals surface area contributed by atoms with Crippen molar-refractivity contribution in [2.45, 2.75) is 52.5 Å². The second kappa shape index (κ2) is 12.8. The van der Waals surface area contributed by atoms with Gasteiger partial charge in [-0.1, -0.05) is 62.8 Å². The first-order chi connectivity index (χ1) is 21.2. The number of hydrogen-bond acceptors (Lipinski definition) is 9. The number of fused-ring (bicyclic) bond motifs is 1. The third kappa shape index (κ3) is 5.87. The van der Waals surface area contributed by atoms with E-state index in [1.807, 2.05) is 31.2 Å². The highest BCUT2D eigenvalue weighted by Crippen LogP contribution is 2.35. The van der Waals surface area contributed by atoms with Crippen LogP contribution in [0.2, 0.25) is 0 Å². The lowest BCUT2D eigenvalue weighted by molar-refractivity contribution is -0.384. The number of benzene rings is 2. The SMILES string of the molecule is CCCC1=C(C(=O)OCC)[C@H](c2ccc(C(C)C)cc2)n2c(s/c(=C\c3ccc(-c4ccc(OC)cc4[N+](=O)[O-])o3)c2=O)=N1. The maximum Gasteiger partial charge on any atom is 0.338 e. The van der Waals surface area contributed by atoms with Crippen LogP contribution in [0.15, 0.2) is 80.1 Å². The van der Waals surface area contributed by atoms with E-state index in [2.05, 4.69) is 13.8 Å². The maximum atomic E-state index is 14.0. The van der Waals surface area contributed by atoms with Gasteiger partial charge in [-0.05, 0) is 54.7 Å². The molecule has 0 bridgehead atoms. The molecule has 0 unspecified atom stereocenters. The summed E-state index contributed by atoms with van der Waals surface area (Å²) in [7, 11) is 1.44. The molecule has 4 aromatic rings. The van der Waals surface area contributed by atoms with Crippen molar-refractivity contribution in [2.24, 2.45) is 4.99 Å². The fraction of sp³-hybridized carbons (Fsp3) is 0.303. The first-order valence-electron chi connectivity index (χ1n) is 14.4. The minimum Gasteiger partial charge on any atom is -0.497 e. The Bertz CT molecular complexity index is 1930. The second-order valence-corrected chi connectivity index (χ2v) is 11.6. The fourth-order valence-electron chi connectivity index (χ4n) is 5.20. The largest absolute Gasteiger partial charge is 0.497 e. The van der Waals surface area contributed by atoms with Gasteiger partial charge in [-0.25, -0.2) is 9.79 Å². The number of thiazole rings is 1. The molecule has 0 aliphatic carbocycles. The quantitative estimate of drug-likeness (QED) is 0.124. The molecule has 44 heavy (non-hydrogen) atoms. The van der Waals surface area contributed by atoms with Crippen LogP contribution >= 0.6 is 11.3 Å². The van der Waals surface area contributed by atoms with Crippen LogP contribution in [0.5, 0.6) is 5.75 Å². The van der Waals surface area contributed by atoms with E-state index in [1.165, 1.54) is 24.5 Å². The van der Waals surface area contributed by atoms with Crippen molar-refractivity contribution in [1.29, 1.82) is 0 Å². The summed E-state index contributed by atoms with van der Waals surface area (Å²) in [6.45, 7) is 8.16. The number of carbonyl (C=O) groups excluding carboxylic acids is 1. The van der Waals surface area contributed by atoms with E-state index in [0.717, 1.165) is 17.5 Å². The Balaban J connectivity index is 1.65. The summed E-state index contributed by atoms with van der Waals surface area (Å²) < 4.78 is 18.5. The molecule has 0 amide bonds. The van der Waals surface area contributed by atoms with E-state index in [9.17, 15) is 19.7 Å². The molecule has 1 aliphatic rings. The van der Waals surface area contributed by atoms with Crippen LogP contribution in [-0.4, -0.2) is 29.2 Å². The molecule has 1 atom stereocenters. The minimum absolute atomic E-state index is 0.164. The fourth-order valence-corrected chi connectivity index (χ4v) is 6.20. The number of carbonyl (C=O) groups is 1. The van der Waals surface area contributed by atoms with Gasteiger partial charge < -0.3 is 13.9 Å². The van der Waals surface area contributed by atoms with Crippen molar-refractivity contribution < 1.29 is 23.6 Å². The smallest absolute Gasteiger partial charge is 0.338 e. The van der Waals surface area contributed by atoms with Crippen LogP contribution in [-0.2, 0) is 9.53 Å². The number of esters is 1. The highest BCUT2D eigenvalue weighted by atomic mass is 32.1. The van der Waals surface area contributed by atoms with Gasteiger partial charge in [-0.2, -0.15) is 0 Å². The second-order valence-electron chi connectivity index (χ2n) is 10.6. The van der Waals surface area contributed by atoms with Crippen LogP contribution in [0.4, 0.5) is 5.69 Å². The Morgan fingerprint density at radius 3 is 2.55 bits per heavy atom. The standard InChI is InChI=1S/C33H33N3O7S/c1-6-8-25-29(32(38)42-7-2)30(21-11-9-20(10-12-21)19(3)4)35-31(37)28(44-33(35)34-25)18-23-14-16-27(43-23)24-15-13-22(41-5)17-26(24)36(39)40/h9-19,30H,6-8H2,1-5H3/b28-18-/t30-/m0/s1. The molecular formula is C33H33N3O7S. The number of allylic oxidation sites excluding steroid dienone is 1. The van der Waals surface area contributed by atoms with E-state index in [-0.39, 0.29) is 29.2 Å². The van der Waals surface area contributed by atoms with Gasteiger partial charge in [0, 0.05) is 6.08 Å². The summed E-state index contributed by atoms with van der Waals surface area (Å²) >= 11 is 1.20. The summed E-state index contributed by atoms with van der Waals surface area (Å²) in [4.78, 5) is 43.9. The van der Waals surface area contributed by atoms with Gasteiger partial charge in [0.15, 0.2) is 4.80 Å². The zero-order chi connectivity index (χ0) is 31.5. The third-order valence-corrected chi connectivity index (χ3v) is 8.36. The van der Waals surface area contributed by atoms with E-state index >= 15 is 0 Å². The molecular weight excluding hydrogens is 582 g/mol. The van der Waals surface area contributed by atoms with Crippen LogP contribution in [0.25, 0.3) is 17.4 Å². The highest BCUT2D eigenvalue weighted by Gasteiger charge is 2.34. The number of ether oxygens (including phenoxy) is 2. The lowest BCUT2D eigenvalue weighted by Gasteiger charge is -2.26. The molecule has 10 nitrogen and oxygen atoms in total. The van der Waals surface area contributed by atoms with E-state index in [4.69, 9.17) is 18.9 Å². The van der Waals surface area contributed by atoms with Gasteiger partial charge in [0.2, 0.25) is 0 Å². The Morgan fingerprint density at radius 2 is 1.91 bits per heavy atom. The number of nitro benzene ring substituents is 1. The molecule has 0 spiro atoms. The molecule has 3 heterocycles. The molecule has 0 saturated carbocycles. The summed E-state index contributed by atoms with van der Waals surface area (Å²) in [5.41, 5.74) is 2.66. The van der Waals surface area contributed by atoms with Crippen molar-refractivity contribution in [3.63, 3.8) is 0 Å². The zero-order valence-electron chi connectivity index (χ0n) is 25.2. The zero-order valence-corrected chi connectivity index (χ0v) is 26.0. The van der Waals surface area contributed by atoms with Gasteiger partial charge >= 0.3 is 5.97 Å². The number of aromatic nitrogens is 1. The predicted molar refractivity (Wildman–Crippen MR) is 168 cm³/mol. The summed E-state index contributed by atoms with van der Waals surface area (Å²) in [6, 6.07) is 15.0. The molecule has 2 aromatic carbocycles. The Hall–Kier alpha value is -4.77. The number of furan rings is 1. The molecule has 0 N–H and O–H groups in total. The van der Waals surface area contributed by atoms with Gasteiger partial charge in [0.05, 0.1) is 52.1 Å². The first-order valence-corrected chi connectivity index (χ1v) is 15.2. The molecule has 11 heteroatoms. The van der Waals surface area contributed by atoms with E-state index < -0.39 is 16.9 Å². The number of nitro groups is 1. The summed E-state index contributed by atoms with van der Waals surface area (Å²) in [5.74, 6) is 0.789. The van der Waals surface area contributed by atoms with E-state index in [1.54, 1.807) is 41.8 Å². The van der Waals surface area contributed by atoms with Crippen molar-refractivity contribution in [1.82, 2.24) is 4.57 Å². The monoisotopic (exact) mass is 615 g/mol. The van der Waals surface area contributed by atoms with Crippen molar-refractivity contribution >= 4 is 29.1 Å². The normalized spacial score (nSPS) is 14.9. The van der Waals surface area contributed by atoms with Crippen LogP contribution < -0.4 is 19.6 Å². The predicted octanol–water partition coefficient (Wildman–Crippen LogP) is 5.88.